The fraction of sp³-hybridized carbons (Fsp3) is 0.414. The Labute approximate surface area is 219 Å². The maximum absolute atomic E-state index is 14.8. The minimum absolute atomic E-state index is 0.0176. The van der Waals surface area contributed by atoms with Gasteiger partial charge in [-0.1, -0.05) is 17.7 Å². The molecular formula is C29H30ClFN4O2. The van der Waals surface area contributed by atoms with E-state index in [2.05, 4.69) is 15.3 Å². The molecule has 3 aromatic heterocycles. The number of ether oxygens (including phenoxy) is 1. The second kappa shape index (κ2) is 9.15. The van der Waals surface area contributed by atoms with Crippen molar-refractivity contribution >= 4 is 33.5 Å². The van der Waals surface area contributed by atoms with Gasteiger partial charge in [0.25, 0.3) is 5.56 Å². The summed E-state index contributed by atoms with van der Waals surface area (Å²) in [5.74, 6) is -0.304. The van der Waals surface area contributed by atoms with E-state index in [0.29, 0.717) is 41.2 Å². The molecule has 1 saturated carbocycles. The van der Waals surface area contributed by atoms with E-state index in [9.17, 15) is 9.18 Å². The molecule has 4 aromatic rings. The van der Waals surface area contributed by atoms with Crippen LogP contribution in [0.25, 0.3) is 21.9 Å². The van der Waals surface area contributed by atoms with E-state index in [1.807, 2.05) is 43.3 Å². The van der Waals surface area contributed by atoms with Crippen LogP contribution in [0.3, 0.4) is 0 Å². The molecule has 3 aliphatic rings. The summed E-state index contributed by atoms with van der Waals surface area (Å²) in [6, 6.07) is 11.3. The van der Waals surface area contributed by atoms with Crippen molar-refractivity contribution in [2.24, 2.45) is 7.05 Å². The van der Waals surface area contributed by atoms with Crippen LogP contribution in [0.15, 0.2) is 47.4 Å². The fourth-order valence-corrected chi connectivity index (χ4v) is 6.25. The first kappa shape index (κ1) is 24.5. The monoisotopic (exact) mass is 520 g/mol. The van der Waals surface area contributed by atoms with Gasteiger partial charge in [-0.2, -0.15) is 0 Å². The zero-order chi connectivity index (χ0) is 25.8. The largest absolute Gasteiger partial charge is 0.373 e. The molecule has 2 aliphatic heterocycles. The maximum atomic E-state index is 14.8. The molecule has 2 bridgehead atoms. The lowest BCUT2D eigenvalue weighted by Crippen LogP contribution is -2.61. The first-order valence-corrected chi connectivity index (χ1v) is 13.2. The SMILES string of the molecule is Cc1ccc2ncc(F)c(CCC34CCC(NCc5cc6c(Cl)cccc6n(C)c5=O)(CC3)CO4)c2n1. The van der Waals surface area contributed by atoms with Crippen molar-refractivity contribution in [2.75, 3.05) is 6.61 Å². The molecule has 1 aliphatic carbocycles. The van der Waals surface area contributed by atoms with Gasteiger partial charge in [0.2, 0.25) is 0 Å². The Bertz CT molecular complexity index is 1550. The second-order valence-corrected chi connectivity index (χ2v) is 11.1. The lowest BCUT2D eigenvalue weighted by molar-refractivity contribution is -0.165. The van der Waals surface area contributed by atoms with E-state index in [0.717, 1.165) is 54.2 Å². The average molecular weight is 521 g/mol. The molecule has 0 atom stereocenters. The zero-order valence-corrected chi connectivity index (χ0v) is 21.9. The van der Waals surface area contributed by atoms with Gasteiger partial charge in [-0.05, 0) is 75.8 Å². The van der Waals surface area contributed by atoms with Crippen molar-refractivity contribution in [3.8, 4) is 0 Å². The summed E-state index contributed by atoms with van der Waals surface area (Å²) in [5, 5.41) is 5.18. The van der Waals surface area contributed by atoms with Gasteiger partial charge in [0, 0.05) is 46.4 Å². The van der Waals surface area contributed by atoms with Crippen LogP contribution >= 0.6 is 11.6 Å². The smallest absolute Gasteiger partial charge is 0.255 e. The Morgan fingerprint density at radius 3 is 2.76 bits per heavy atom. The third-order valence-electron chi connectivity index (χ3n) is 8.45. The molecule has 2 saturated heterocycles. The van der Waals surface area contributed by atoms with E-state index in [1.165, 1.54) is 6.20 Å². The summed E-state index contributed by atoms with van der Waals surface area (Å²) in [6.45, 7) is 2.95. The third-order valence-corrected chi connectivity index (χ3v) is 8.78. The minimum Gasteiger partial charge on any atom is -0.373 e. The van der Waals surface area contributed by atoms with Crippen LogP contribution in [-0.4, -0.2) is 32.3 Å². The van der Waals surface area contributed by atoms with Crippen molar-refractivity contribution in [1.82, 2.24) is 19.9 Å². The van der Waals surface area contributed by atoms with E-state index >= 15 is 0 Å². The van der Waals surface area contributed by atoms with E-state index in [1.54, 1.807) is 11.6 Å². The van der Waals surface area contributed by atoms with Gasteiger partial charge in [-0.25, -0.2) is 4.39 Å². The number of benzene rings is 1. The quantitative estimate of drug-likeness (QED) is 0.369. The highest BCUT2D eigenvalue weighted by Crippen LogP contribution is 2.46. The van der Waals surface area contributed by atoms with E-state index in [4.69, 9.17) is 16.3 Å². The van der Waals surface area contributed by atoms with Crippen molar-refractivity contribution in [1.29, 1.82) is 0 Å². The van der Waals surface area contributed by atoms with Gasteiger partial charge < -0.3 is 14.6 Å². The molecule has 1 aromatic carbocycles. The Balaban J connectivity index is 1.15. The molecular weight excluding hydrogens is 491 g/mol. The van der Waals surface area contributed by atoms with Gasteiger partial charge in [0.1, 0.15) is 5.82 Å². The van der Waals surface area contributed by atoms with Crippen LogP contribution < -0.4 is 10.9 Å². The van der Waals surface area contributed by atoms with E-state index < -0.39 is 0 Å². The van der Waals surface area contributed by atoms with Crippen LogP contribution in [0.2, 0.25) is 5.02 Å². The molecule has 8 heteroatoms. The number of aryl methyl sites for hydroxylation is 3. The van der Waals surface area contributed by atoms with Crippen molar-refractivity contribution in [3.05, 3.63) is 80.6 Å². The second-order valence-electron chi connectivity index (χ2n) is 10.7. The van der Waals surface area contributed by atoms with Crippen LogP contribution in [0.5, 0.6) is 0 Å². The number of nitrogens with zero attached hydrogens (tertiary/aromatic N) is 3. The van der Waals surface area contributed by atoms with Gasteiger partial charge in [-0.15, -0.1) is 0 Å². The number of nitrogens with one attached hydrogen (secondary N) is 1. The highest BCUT2D eigenvalue weighted by molar-refractivity contribution is 6.35. The number of fused-ring (bicyclic) bond motifs is 5. The fourth-order valence-electron chi connectivity index (χ4n) is 6.03. The van der Waals surface area contributed by atoms with Crippen LogP contribution in [-0.2, 0) is 24.8 Å². The van der Waals surface area contributed by atoms with Crippen molar-refractivity contribution in [2.45, 2.75) is 63.1 Å². The van der Waals surface area contributed by atoms with Crippen LogP contribution in [0.4, 0.5) is 4.39 Å². The Kier molecular flexibility index (Phi) is 6.05. The summed E-state index contributed by atoms with van der Waals surface area (Å²) < 4.78 is 22.9. The zero-order valence-electron chi connectivity index (χ0n) is 21.1. The lowest BCUT2D eigenvalue weighted by Gasteiger charge is -2.53. The number of hydrogen-bond donors (Lipinski definition) is 1. The maximum Gasteiger partial charge on any atom is 0.255 e. The topological polar surface area (TPSA) is 69.0 Å². The summed E-state index contributed by atoms with van der Waals surface area (Å²) in [7, 11) is 1.78. The van der Waals surface area contributed by atoms with Crippen molar-refractivity contribution < 1.29 is 9.13 Å². The molecule has 3 fully saturated rings. The predicted molar refractivity (Wildman–Crippen MR) is 143 cm³/mol. The van der Waals surface area contributed by atoms with Crippen LogP contribution in [0, 0.1) is 12.7 Å². The highest BCUT2D eigenvalue weighted by Gasteiger charge is 2.49. The molecule has 5 heterocycles. The number of hydrogen-bond acceptors (Lipinski definition) is 5. The molecule has 7 rings (SSSR count). The molecule has 0 unspecified atom stereocenters. The summed E-state index contributed by atoms with van der Waals surface area (Å²) in [6.07, 6.45) is 6.33. The van der Waals surface area contributed by atoms with Crippen molar-refractivity contribution in [3.63, 3.8) is 0 Å². The molecule has 0 radical (unpaired) electrons. The van der Waals surface area contributed by atoms with Gasteiger partial charge in [-0.3, -0.25) is 14.8 Å². The Hall–Kier alpha value is -2.87. The minimum atomic E-state index is -0.304. The van der Waals surface area contributed by atoms with Gasteiger partial charge >= 0.3 is 0 Å². The number of rotatable bonds is 6. The molecule has 6 nitrogen and oxygen atoms in total. The number of pyridine rings is 3. The van der Waals surface area contributed by atoms with E-state index in [-0.39, 0.29) is 22.5 Å². The molecule has 1 N–H and O–H groups in total. The normalized spacial score (nSPS) is 23.2. The standard InChI is InChI=1S/C29H30ClFN4O2/c1-18-6-7-24-26(34-18)20(23(31)16-32-24)8-9-29-12-10-28(11-13-29,17-37-29)33-15-19-14-21-22(30)4-3-5-25(21)35(2)27(19)36/h3-7,14,16,33H,8-13,15,17H2,1-2H3. The molecule has 37 heavy (non-hydrogen) atoms. The van der Waals surface area contributed by atoms with Gasteiger partial charge in [0.15, 0.2) is 0 Å². The Morgan fingerprint density at radius 2 is 2.00 bits per heavy atom. The summed E-state index contributed by atoms with van der Waals surface area (Å²) in [5.41, 5.74) is 3.94. The van der Waals surface area contributed by atoms with Crippen LogP contribution in [0.1, 0.15) is 48.9 Å². The van der Waals surface area contributed by atoms with Gasteiger partial charge in [0.05, 0.1) is 35.0 Å². The first-order valence-electron chi connectivity index (χ1n) is 12.9. The third kappa shape index (κ3) is 4.33. The molecule has 0 amide bonds. The molecule has 192 valence electrons. The summed E-state index contributed by atoms with van der Waals surface area (Å²) in [4.78, 5) is 21.8. The predicted octanol–water partition coefficient (Wildman–Crippen LogP) is 5.39. The highest BCUT2D eigenvalue weighted by atomic mass is 35.5. The first-order chi connectivity index (χ1) is 17.8. The lowest BCUT2D eigenvalue weighted by atomic mass is 9.69. The molecule has 0 spiro atoms. The Morgan fingerprint density at radius 1 is 1.19 bits per heavy atom. The summed E-state index contributed by atoms with van der Waals surface area (Å²) >= 11 is 6.42. The number of halogens is 2. The number of aromatic nitrogens is 3. The average Bonchev–Trinajstić information content (AvgIpc) is 2.91.